The zero-order valence-electron chi connectivity index (χ0n) is 19.9. The van der Waals surface area contributed by atoms with Crippen LogP contribution in [0.3, 0.4) is 0 Å². The van der Waals surface area contributed by atoms with E-state index in [9.17, 15) is 0 Å². The van der Waals surface area contributed by atoms with E-state index >= 15 is 0 Å². The van der Waals surface area contributed by atoms with Gasteiger partial charge in [-0.05, 0) is 62.1 Å². The summed E-state index contributed by atoms with van der Waals surface area (Å²) in [5.74, 6) is 0.687. The summed E-state index contributed by atoms with van der Waals surface area (Å²) in [6.07, 6.45) is 6.70. The Morgan fingerprint density at radius 2 is 1.91 bits per heavy atom. The number of aromatic nitrogens is 5. The summed E-state index contributed by atoms with van der Waals surface area (Å²) in [4.78, 5) is 17.8. The van der Waals surface area contributed by atoms with E-state index in [1.165, 1.54) is 17.5 Å². The van der Waals surface area contributed by atoms with Gasteiger partial charge in [0.05, 0.1) is 11.9 Å². The van der Waals surface area contributed by atoms with Crippen molar-refractivity contribution in [1.29, 1.82) is 0 Å². The second-order valence-corrected chi connectivity index (χ2v) is 9.94. The first-order valence-electron chi connectivity index (χ1n) is 12.3. The normalized spacial score (nSPS) is 20.0. The largest absolute Gasteiger partial charge is 0.366 e. The molecule has 8 heteroatoms. The van der Waals surface area contributed by atoms with Gasteiger partial charge in [-0.3, -0.25) is 4.90 Å². The zero-order chi connectivity index (χ0) is 23.5. The topological polar surface area (TPSA) is 77.4 Å². The van der Waals surface area contributed by atoms with Crippen molar-refractivity contribution >= 4 is 33.7 Å². The van der Waals surface area contributed by atoms with Crippen molar-refractivity contribution in [3.63, 3.8) is 0 Å². The number of aromatic amines is 1. The van der Waals surface area contributed by atoms with E-state index in [-0.39, 0.29) is 0 Å². The monoisotopic (exact) mass is 464 g/mol. The minimum atomic E-state index is 0.618. The van der Waals surface area contributed by atoms with E-state index in [1.54, 1.807) is 10.8 Å². The molecule has 0 spiro atoms. The summed E-state index contributed by atoms with van der Waals surface area (Å²) in [6, 6.07) is 19.0. The summed E-state index contributed by atoms with van der Waals surface area (Å²) in [5.41, 5.74) is 5.91. The van der Waals surface area contributed by atoms with Crippen molar-refractivity contribution < 1.29 is 0 Å². The Kier molecular flexibility index (Phi) is 4.57. The molecule has 2 aromatic carbocycles. The van der Waals surface area contributed by atoms with Crippen molar-refractivity contribution in [2.75, 3.05) is 23.3 Å². The molecular formula is C27H28N8. The molecule has 5 heterocycles. The van der Waals surface area contributed by atoms with Gasteiger partial charge in [0.1, 0.15) is 6.33 Å². The first-order chi connectivity index (χ1) is 17.1. The first-order valence-corrected chi connectivity index (χ1v) is 12.3. The number of piperazine rings is 1. The zero-order valence-corrected chi connectivity index (χ0v) is 19.9. The molecular weight excluding hydrogens is 436 g/mol. The van der Waals surface area contributed by atoms with Gasteiger partial charge < -0.3 is 15.2 Å². The molecule has 2 aliphatic rings. The summed E-state index contributed by atoms with van der Waals surface area (Å²) in [7, 11) is 0. The van der Waals surface area contributed by atoms with Gasteiger partial charge in [0.2, 0.25) is 0 Å². The number of hydrogen-bond donors (Lipinski definition) is 2. The van der Waals surface area contributed by atoms with Crippen LogP contribution in [0, 0.1) is 0 Å². The fourth-order valence-electron chi connectivity index (χ4n) is 5.78. The fourth-order valence-corrected chi connectivity index (χ4v) is 5.78. The summed E-state index contributed by atoms with van der Waals surface area (Å²) >= 11 is 0. The molecule has 0 unspecified atom stereocenters. The highest BCUT2D eigenvalue weighted by molar-refractivity contribution is 5.84. The lowest BCUT2D eigenvalue weighted by atomic mass is 10.1. The molecule has 2 bridgehead atoms. The highest BCUT2D eigenvalue weighted by Crippen LogP contribution is 2.36. The molecule has 0 saturated carbocycles. The van der Waals surface area contributed by atoms with Crippen LogP contribution < -0.4 is 10.2 Å². The van der Waals surface area contributed by atoms with Crippen molar-refractivity contribution in [2.45, 2.75) is 38.4 Å². The molecule has 0 aliphatic carbocycles. The van der Waals surface area contributed by atoms with Crippen LogP contribution in [-0.4, -0.2) is 60.7 Å². The predicted molar refractivity (Wildman–Crippen MR) is 139 cm³/mol. The number of rotatable bonds is 5. The van der Waals surface area contributed by atoms with Gasteiger partial charge in [0, 0.05) is 59.9 Å². The molecule has 0 amide bonds. The Bertz CT molecular complexity index is 1520. The van der Waals surface area contributed by atoms with E-state index in [1.807, 2.05) is 12.4 Å². The van der Waals surface area contributed by atoms with Gasteiger partial charge in [-0.15, -0.1) is 0 Å². The maximum absolute atomic E-state index is 4.92. The number of anilines is 3. The second-order valence-electron chi connectivity index (χ2n) is 9.94. The first kappa shape index (κ1) is 20.5. The third kappa shape index (κ3) is 3.44. The van der Waals surface area contributed by atoms with Gasteiger partial charge in [-0.1, -0.05) is 12.1 Å². The van der Waals surface area contributed by atoms with Crippen LogP contribution in [0.15, 0.2) is 67.3 Å². The molecule has 8 nitrogen and oxygen atoms in total. The van der Waals surface area contributed by atoms with Gasteiger partial charge in [-0.2, -0.15) is 5.10 Å². The minimum Gasteiger partial charge on any atom is -0.366 e. The third-order valence-corrected chi connectivity index (χ3v) is 7.52. The van der Waals surface area contributed by atoms with Crippen LogP contribution in [-0.2, 0) is 0 Å². The van der Waals surface area contributed by atoms with Crippen LogP contribution in [0.25, 0.3) is 27.8 Å². The minimum absolute atomic E-state index is 0.618. The molecule has 0 radical (unpaired) electrons. The summed E-state index contributed by atoms with van der Waals surface area (Å²) in [6.45, 7) is 6.89. The Morgan fingerprint density at radius 3 is 2.71 bits per heavy atom. The predicted octanol–water partition coefficient (Wildman–Crippen LogP) is 4.69. The van der Waals surface area contributed by atoms with E-state index in [0.717, 1.165) is 35.6 Å². The number of nitrogens with zero attached hydrogens (tertiary/aromatic N) is 6. The maximum atomic E-state index is 4.92. The van der Waals surface area contributed by atoms with Crippen LogP contribution in [0.2, 0.25) is 0 Å². The van der Waals surface area contributed by atoms with E-state index in [4.69, 9.17) is 4.98 Å². The van der Waals surface area contributed by atoms with Crippen molar-refractivity contribution in [2.24, 2.45) is 0 Å². The molecule has 176 valence electrons. The molecule has 5 aromatic rings. The lowest BCUT2D eigenvalue weighted by Crippen LogP contribution is -2.48. The molecule has 2 fully saturated rings. The standard InChI is InChI=1S/C27H28N8/c1-17(2)33-13-23-12-22(33)14-34(23)21-7-5-20(6-8-21)31-26-27-29-16-30-35(27)15-25(32-26)19-4-3-18-9-10-28-24(18)11-19/h3-11,15-17,22-23,28H,12-14H2,1-2H3,(H,31,32)/t22-,23+/m1/s1. The molecule has 7 rings (SSSR count). The van der Waals surface area contributed by atoms with E-state index in [2.05, 4.69) is 92.6 Å². The summed E-state index contributed by atoms with van der Waals surface area (Å²) in [5, 5.41) is 9.03. The van der Waals surface area contributed by atoms with Crippen LogP contribution in [0.1, 0.15) is 20.3 Å². The van der Waals surface area contributed by atoms with E-state index in [0.29, 0.717) is 29.6 Å². The Hall–Kier alpha value is -3.91. The molecule has 3 aromatic heterocycles. The van der Waals surface area contributed by atoms with Gasteiger partial charge in [0.25, 0.3) is 0 Å². The van der Waals surface area contributed by atoms with Crippen molar-refractivity contribution in [3.05, 3.63) is 67.3 Å². The number of H-pyrrole nitrogens is 1. The Balaban J connectivity index is 1.16. The van der Waals surface area contributed by atoms with Crippen molar-refractivity contribution in [1.82, 2.24) is 29.5 Å². The maximum Gasteiger partial charge on any atom is 0.198 e. The molecule has 2 atom stereocenters. The van der Waals surface area contributed by atoms with Crippen LogP contribution >= 0.6 is 0 Å². The molecule has 2 N–H and O–H groups in total. The van der Waals surface area contributed by atoms with Gasteiger partial charge in [-0.25, -0.2) is 14.5 Å². The Morgan fingerprint density at radius 1 is 1.03 bits per heavy atom. The number of likely N-dealkylation sites (tertiary alicyclic amines) is 1. The number of fused-ring (bicyclic) bond motifs is 4. The third-order valence-electron chi connectivity index (χ3n) is 7.52. The lowest BCUT2D eigenvalue weighted by Gasteiger charge is -2.37. The number of benzene rings is 2. The SMILES string of the molecule is CC(C)N1C[C@@H]2C[C@@H]1CN2c1ccc(Nc2nc(-c3ccc4cc[nH]c4c3)cn3ncnc23)cc1. The van der Waals surface area contributed by atoms with Gasteiger partial charge in [0.15, 0.2) is 11.5 Å². The molecule has 2 saturated heterocycles. The van der Waals surface area contributed by atoms with Gasteiger partial charge >= 0.3 is 0 Å². The number of nitrogens with one attached hydrogen (secondary N) is 2. The van der Waals surface area contributed by atoms with Crippen LogP contribution in [0.5, 0.6) is 0 Å². The Labute approximate surface area is 203 Å². The molecule has 2 aliphatic heterocycles. The van der Waals surface area contributed by atoms with Crippen molar-refractivity contribution in [3.8, 4) is 11.3 Å². The smallest absolute Gasteiger partial charge is 0.198 e. The summed E-state index contributed by atoms with van der Waals surface area (Å²) < 4.78 is 1.78. The second kappa shape index (κ2) is 7.81. The highest BCUT2D eigenvalue weighted by Gasteiger charge is 2.43. The average molecular weight is 465 g/mol. The number of hydrogen-bond acceptors (Lipinski definition) is 6. The quantitative estimate of drug-likeness (QED) is 0.393. The molecule has 35 heavy (non-hydrogen) atoms. The fraction of sp³-hybridized carbons (Fsp3) is 0.296. The lowest BCUT2D eigenvalue weighted by molar-refractivity contribution is 0.191. The van der Waals surface area contributed by atoms with Crippen LogP contribution in [0.4, 0.5) is 17.2 Å². The highest BCUT2D eigenvalue weighted by atomic mass is 15.4. The van der Waals surface area contributed by atoms with E-state index < -0.39 is 0 Å². The average Bonchev–Trinajstić information content (AvgIpc) is 3.67.